The van der Waals surface area contributed by atoms with Crippen molar-refractivity contribution in [3.05, 3.63) is 62.7 Å². The first-order chi connectivity index (χ1) is 9.88. The van der Waals surface area contributed by atoms with Crippen molar-refractivity contribution < 1.29 is 14.8 Å². The first kappa shape index (κ1) is 14.8. The number of hydrogen-bond acceptors (Lipinski definition) is 4. The number of phenols is 1. The summed E-state index contributed by atoms with van der Waals surface area (Å²) in [6.07, 6.45) is 0. The first-order valence-electron chi connectivity index (χ1n) is 5.93. The molecule has 0 aromatic heterocycles. The Bertz CT molecular complexity index is 731. The highest BCUT2D eigenvalue weighted by molar-refractivity contribution is 6.32. The summed E-state index contributed by atoms with van der Waals surface area (Å²) in [5.74, 6) is -0.733. The van der Waals surface area contributed by atoms with Crippen LogP contribution in [0.2, 0.25) is 5.02 Å². The van der Waals surface area contributed by atoms with Gasteiger partial charge in [0.25, 0.3) is 11.6 Å². The minimum atomic E-state index is -0.618. The predicted molar refractivity (Wildman–Crippen MR) is 78.9 cm³/mol. The van der Waals surface area contributed by atoms with Gasteiger partial charge in [0.2, 0.25) is 0 Å². The maximum Gasteiger partial charge on any atom is 0.282 e. The highest BCUT2D eigenvalue weighted by Crippen LogP contribution is 2.27. The summed E-state index contributed by atoms with van der Waals surface area (Å²) >= 11 is 5.74. The minimum absolute atomic E-state index is 0.0378. The SMILES string of the molecule is Cc1ccc([N+](=O)[O-])c(C(=O)Nc2ccc(O)c(Cl)c2)c1. The second-order valence-electron chi connectivity index (χ2n) is 4.40. The summed E-state index contributed by atoms with van der Waals surface area (Å²) in [5.41, 5.74) is 0.750. The summed E-state index contributed by atoms with van der Waals surface area (Å²) in [7, 11) is 0. The Labute approximate surface area is 125 Å². The number of carbonyl (C=O) groups excluding carboxylic acids is 1. The molecule has 21 heavy (non-hydrogen) atoms. The fourth-order valence-electron chi connectivity index (χ4n) is 1.77. The second-order valence-corrected chi connectivity index (χ2v) is 4.81. The lowest BCUT2D eigenvalue weighted by Crippen LogP contribution is -2.14. The molecule has 1 amide bonds. The van der Waals surface area contributed by atoms with Crippen molar-refractivity contribution in [2.24, 2.45) is 0 Å². The molecule has 2 aromatic rings. The van der Waals surface area contributed by atoms with Crippen molar-refractivity contribution in [1.29, 1.82) is 0 Å². The van der Waals surface area contributed by atoms with Crippen LogP contribution in [-0.2, 0) is 0 Å². The number of nitrogens with one attached hydrogen (secondary N) is 1. The molecule has 0 spiro atoms. The molecule has 2 N–H and O–H groups in total. The molecule has 0 bridgehead atoms. The number of benzene rings is 2. The van der Waals surface area contributed by atoms with Crippen LogP contribution in [-0.4, -0.2) is 15.9 Å². The van der Waals surface area contributed by atoms with E-state index in [9.17, 15) is 20.0 Å². The number of nitrogens with zero attached hydrogens (tertiary/aromatic N) is 1. The third-order valence-corrected chi connectivity index (χ3v) is 3.10. The van der Waals surface area contributed by atoms with Gasteiger partial charge in [-0.2, -0.15) is 0 Å². The lowest BCUT2D eigenvalue weighted by Gasteiger charge is -2.07. The van der Waals surface area contributed by atoms with Gasteiger partial charge in [0, 0.05) is 11.8 Å². The average molecular weight is 307 g/mol. The van der Waals surface area contributed by atoms with E-state index in [0.29, 0.717) is 5.69 Å². The van der Waals surface area contributed by atoms with Gasteiger partial charge >= 0.3 is 0 Å². The number of amides is 1. The van der Waals surface area contributed by atoms with E-state index in [1.165, 1.54) is 30.3 Å². The Morgan fingerprint density at radius 1 is 1.29 bits per heavy atom. The quantitative estimate of drug-likeness (QED) is 0.515. The van der Waals surface area contributed by atoms with Gasteiger partial charge in [0.05, 0.1) is 9.95 Å². The van der Waals surface area contributed by atoms with Crippen molar-refractivity contribution in [3.63, 3.8) is 0 Å². The molecule has 0 heterocycles. The van der Waals surface area contributed by atoms with Crippen molar-refractivity contribution in [2.75, 3.05) is 5.32 Å². The van der Waals surface area contributed by atoms with Crippen LogP contribution >= 0.6 is 11.6 Å². The predicted octanol–water partition coefficient (Wildman–Crippen LogP) is 3.51. The van der Waals surface area contributed by atoms with Gasteiger partial charge in [-0.15, -0.1) is 0 Å². The summed E-state index contributed by atoms with van der Waals surface area (Å²) < 4.78 is 0. The molecular formula is C14H11ClN2O4. The fraction of sp³-hybridized carbons (Fsp3) is 0.0714. The Balaban J connectivity index is 2.34. The zero-order valence-electron chi connectivity index (χ0n) is 11.0. The second kappa shape index (κ2) is 5.80. The summed E-state index contributed by atoms with van der Waals surface area (Å²) in [6.45, 7) is 1.73. The molecule has 108 valence electrons. The Morgan fingerprint density at radius 3 is 2.62 bits per heavy atom. The van der Waals surface area contributed by atoms with Gasteiger partial charge in [-0.25, -0.2) is 0 Å². The molecule has 6 nitrogen and oxygen atoms in total. The summed E-state index contributed by atoms with van der Waals surface area (Å²) in [6, 6.07) is 8.41. The smallest absolute Gasteiger partial charge is 0.282 e. The fourth-order valence-corrected chi connectivity index (χ4v) is 1.95. The van der Waals surface area contributed by atoms with E-state index in [1.807, 2.05) is 0 Å². The van der Waals surface area contributed by atoms with E-state index in [4.69, 9.17) is 11.6 Å². The normalized spacial score (nSPS) is 10.2. The maximum absolute atomic E-state index is 12.2. The number of nitro benzene ring substituents is 1. The number of aryl methyl sites for hydroxylation is 1. The van der Waals surface area contributed by atoms with Crippen molar-refractivity contribution in [3.8, 4) is 5.75 Å². The van der Waals surface area contributed by atoms with Crippen LogP contribution in [0, 0.1) is 17.0 Å². The average Bonchev–Trinajstić information content (AvgIpc) is 2.42. The molecule has 2 rings (SSSR count). The monoisotopic (exact) mass is 306 g/mol. The van der Waals surface area contributed by atoms with Crippen molar-refractivity contribution in [2.45, 2.75) is 6.92 Å². The van der Waals surface area contributed by atoms with E-state index in [1.54, 1.807) is 13.0 Å². The molecule has 0 aliphatic rings. The van der Waals surface area contributed by atoms with Crippen LogP contribution in [0.1, 0.15) is 15.9 Å². The van der Waals surface area contributed by atoms with Crippen molar-refractivity contribution >= 4 is 28.9 Å². The molecular weight excluding hydrogens is 296 g/mol. The van der Waals surface area contributed by atoms with Gasteiger partial charge < -0.3 is 10.4 Å². The van der Waals surface area contributed by atoms with Gasteiger partial charge in [0.15, 0.2) is 0 Å². The number of halogens is 1. The molecule has 0 saturated heterocycles. The number of nitro groups is 1. The molecule has 0 atom stereocenters. The van der Waals surface area contributed by atoms with Gasteiger partial charge in [-0.05, 0) is 36.8 Å². The molecule has 0 aliphatic heterocycles. The van der Waals surface area contributed by atoms with Crippen LogP contribution in [0.5, 0.6) is 5.75 Å². The number of phenolic OH excluding ortho intramolecular Hbond substituents is 1. The van der Waals surface area contributed by atoms with Crippen LogP contribution < -0.4 is 5.32 Å². The lowest BCUT2D eigenvalue weighted by atomic mass is 10.1. The Kier molecular flexibility index (Phi) is 4.09. The van der Waals surface area contributed by atoms with E-state index >= 15 is 0 Å². The van der Waals surface area contributed by atoms with Crippen LogP contribution in [0.25, 0.3) is 0 Å². The third kappa shape index (κ3) is 3.29. The maximum atomic E-state index is 12.2. The minimum Gasteiger partial charge on any atom is -0.506 e. The van der Waals surface area contributed by atoms with E-state index in [0.717, 1.165) is 5.56 Å². The Hall–Kier alpha value is -2.60. The number of carbonyl (C=O) groups is 1. The standard InChI is InChI=1S/C14H11ClN2O4/c1-8-2-4-12(17(20)21)10(6-8)14(19)16-9-3-5-13(18)11(15)7-9/h2-7,18H,1H3,(H,16,19). The van der Waals surface area contributed by atoms with Crippen LogP contribution in [0.3, 0.4) is 0 Å². The molecule has 2 aromatic carbocycles. The van der Waals surface area contributed by atoms with Crippen molar-refractivity contribution in [1.82, 2.24) is 0 Å². The van der Waals surface area contributed by atoms with E-state index in [-0.39, 0.29) is 22.0 Å². The number of rotatable bonds is 3. The molecule has 0 radical (unpaired) electrons. The zero-order chi connectivity index (χ0) is 15.6. The molecule has 0 unspecified atom stereocenters. The zero-order valence-corrected chi connectivity index (χ0v) is 11.7. The van der Waals surface area contributed by atoms with Gasteiger partial charge in [-0.1, -0.05) is 17.7 Å². The number of aromatic hydroxyl groups is 1. The molecule has 0 aliphatic carbocycles. The van der Waals surface area contributed by atoms with E-state index < -0.39 is 10.8 Å². The highest BCUT2D eigenvalue weighted by Gasteiger charge is 2.20. The first-order valence-corrected chi connectivity index (χ1v) is 6.31. The summed E-state index contributed by atoms with van der Waals surface area (Å²) in [4.78, 5) is 22.5. The van der Waals surface area contributed by atoms with E-state index in [2.05, 4.69) is 5.32 Å². The lowest BCUT2D eigenvalue weighted by molar-refractivity contribution is -0.385. The third-order valence-electron chi connectivity index (χ3n) is 2.80. The van der Waals surface area contributed by atoms with Gasteiger partial charge in [-0.3, -0.25) is 14.9 Å². The Morgan fingerprint density at radius 2 is 2.00 bits per heavy atom. The molecule has 0 fully saturated rings. The number of hydrogen-bond donors (Lipinski definition) is 2. The summed E-state index contributed by atoms with van der Waals surface area (Å²) in [5, 5.41) is 22.9. The van der Waals surface area contributed by atoms with Crippen LogP contribution in [0.4, 0.5) is 11.4 Å². The van der Waals surface area contributed by atoms with Crippen LogP contribution in [0.15, 0.2) is 36.4 Å². The topological polar surface area (TPSA) is 92.5 Å². The largest absolute Gasteiger partial charge is 0.506 e. The molecule has 0 saturated carbocycles. The van der Waals surface area contributed by atoms with Gasteiger partial charge in [0.1, 0.15) is 11.3 Å². The number of anilines is 1. The molecule has 7 heteroatoms. The highest BCUT2D eigenvalue weighted by atomic mass is 35.5.